The number of hydrogen-bond acceptors (Lipinski definition) is 2. The van der Waals surface area contributed by atoms with Gasteiger partial charge in [-0.25, -0.2) is 4.79 Å². The molecule has 13 heavy (non-hydrogen) atoms. The first-order valence-corrected chi connectivity index (χ1v) is 3.64. The van der Waals surface area contributed by atoms with E-state index in [1.54, 1.807) is 6.08 Å². The summed E-state index contributed by atoms with van der Waals surface area (Å²) in [5, 5.41) is 0. The van der Waals surface area contributed by atoms with Gasteiger partial charge in [-0.05, 0) is 11.6 Å². The molecule has 1 rings (SSSR count). The number of carbonyl (C=O) groups is 1. The monoisotopic (exact) mass is 282 g/mol. The van der Waals surface area contributed by atoms with Gasteiger partial charge in [-0.15, -0.1) is 0 Å². The second-order valence-corrected chi connectivity index (χ2v) is 2.27. The normalized spacial score (nSPS) is 9.31. The van der Waals surface area contributed by atoms with Gasteiger partial charge in [-0.1, -0.05) is 30.3 Å². The molecule has 0 amide bonds. The zero-order chi connectivity index (χ0) is 8.81. The van der Waals surface area contributed by atoms with Crippen molar-refractivity contribution < 1.29 is 9.53 Å². The van der Waals surface area contributed by atoms with Crippen LogP contribution in [0.4, 0.5) is 0 Å². The first kappa shape index (κ1) is 12.2. The Hall–Kier alpha value is -0.771. The number of benzene rings is 1. The Bertz CT molecular complexity index is 280. The first-order chi connectivity index (χ1) is 5.83. The zero-order valence-electron chi connectivity index (χ0n) is 7.36. The van der Waals surface area contributed by atoms with Crippen LogP contribution in [-0.2, 0) is 9.53 Å². The number of hydrogen-bond donors (Lipinski definition) is 0. The van der Waals surface area contributed by atoms with Crippen LogP contribution in [0.3, 0.4) is 0 Å². The summed E-state index contributed by atoms with van der Waals surface area (Å²) in [6.45, 7) is 0. The Morgan fingerprint density at radius 3 is 2.46 bits per heavy atom. The molecule has 0 saturated heterocycles. The summed E-state index contributed by atoms with van der Waals surface area (Å²) in [4.78, 5) is 10.7. The Kier molecular flexibility index (Phi) is 6.31. The molecule has 0 saturated carbocycles. The van der Waals surface area contributed by atoms with E-state index in [0.29, 0.717) is 0 Å². The number of esters is 1. The van der Waals surface area contributed by atoms with Gasteiger partial charge in [0, 0.05) is 30.0 Å². The van der Waals surface area contributed by atoms with Gasteiger partial charge in [0.2, 0.25) is 0 Å². The fourth-order valence-corrected chi connectivity index (χ4v) is 0.796. The van der Waals surface area contributed by atoms with Crippen molar-refractivity contribution in [2.24, 2.45) is 0 Å². The largest absolute Gasteiger partial charge is 0.466 e. The molecule has 0 bridgehead atoms. The van der Waals surface area contributed by atoms with Crippen molar-refractivity contribution in [3.8, 4) is 0 Å². The fourth-order valence-electron chi connectivity index (χ4n) is 0.796. The van der Waals surface area contributed by atoms with Gasteiger partial charge < -0.3 is 4.74 Å². The Balaban J connectivity index is 0.00000144. The average Bonchev–Trinajstić information content (AvgIpc) is 2.16. The summed E-state index contributed by atoms with van der Waals surface area (Å²) in [6.07, 6.45) is 3.11. The Labute approximate surface area is 94.6 Å². The van der Waals surface area contributed by atoms with Crippen LogP contribution in [0.2, 0.25) is 0 Å². The summed E-state index contributed by atoms with van der Waals surface area (Å²) >= 11 is 0. The standard InChI is InChI=1S/C10H10O2.Sn/c1-12-10(11)8-7-9-5-3-2-4-6-9;/h2-8H,1H3;. The maximum atomic E-state index is 10.7. The molecule has 0 aliphatic carbocycles. The molecule has 0 aliphatic rings. The number of methoxy groups -OCH3 is 1. The van der Waals surface area contributed by atoms with Crippen LogP contribution in [0, 0.1) is 0 Å². The minimum Gasteiger partial charge on any atom is -0.466 e. The molecule has 0 N–H and O–H groups in total. The summed E-state index contributed by atoms with van der Waals surface area (Å²) in [6, 6.07) is 9.59. The molecule has 0 unspecified atom stereocenters. The molecule has 0 aromatic heterocycles. The summed E-state index contributed by atoms with van der Waals surface area (Å²) in [7, 11) is 1.36. The third-order valence-corrected chi connectivity index (χ3v) is 1.41. The average molecular weight is 281 g/mol. The molecule has 2 nitrogen and oxygen atoms in total. The molecule has 4 radical (unpaired) electrons. The summed E-state index contributed by atoms with van der Waals surface area (Å²) < 4.78 is 4.45. The first-order valence-electron chi connectivity index (χ1n) is 3.64. The van der Waals surface area contributed by atoms with Crippen molar-refractivity contribution in [1.82, 2.24) is 0 Å². The third kappa shape index (κ3) is 4.72. The predicted molar refractivity (Wildman–Crippen MR) is 53.2 cm³/mol. The quantitative estimate of drug-likeness (QED) is 0.466. The van der Waals surface area contributed by atoms with Crippen molar-refractivity contribution in [3.05, 3.63) is 42.0 Å². The second kappa shape index (κ2) is 6.71. The second-order valence-electron chi connectivity index (χ2n) is 2.27. The predicted octanol–water partition coefficient (Wildman–Crippen LogP) is 1.49. The molecule has 0 atom stereocenters. The molecular weight excluding hydrogens is 271 g/mol. The van der Waals surface area contributed by atoms with Crippen molar-refractivity contribution in [2.75, 3.05) is 7.11 Å². The van der Waals surface area contributed by atoms with E-state index in [4.69, 9.17) is 0 Å². The van der Waals surface area contributed by atoms with Crippen LogP contribution in [-0.4, -0.2) is 37.0 Å². The number of ether oxygens (including phenoxy) is 1. The van der Waals surface area contributed by atoms with Crippen LogP contribution in [0.1, 0.15) is 5.56 Å². The van der Waals surface area contributed by atoms with Gasteiger partial charge in [-0.3, -0.25) is 0 Å². The van der Waals surface area contributed by atoms with Crippen LogP contribution in [0.5, 0.6) is 0 Å². The topological polar surface area (TPSA) is 26.3 Å². The van der Waals surface area contributed by atoms with Crippen LogP contribution < -0.4 is 0 Å². The smallest absolute Gasteiger partial charge is 0.330 e. The zero-order valence-corrected chi connectivity index (χ0v) is 10.2. The summed E-state index contributed by atoms with van der Waals surface area (Å²) in [5.41, 5.74) is 0.989. The van der Waals surface area contributed by atoms with Crippen LogP contribution in [0.15, 0.2) is 36.4 Å². The molecule has 0 heterocycles. The van der Waals surface area contributed by atoms with Gasteiger partial charge in [0.05, 0.1) is 7.11 Å². The molecule has 0 fully saturated rings. The molecule has 66 valence electrons. The third-order valence-electron chi connectivity index (χ3n) is 1.41. The van der Waals surface area contributed by atoms with E-state index in [-0.39, 0.29) is 29.9 Å². The maximum absolute atomic E-state index is 10.7. The number of rotatable bonds is 2. The van der Waals surface area contributed by atoms with E-state index in [9.17, 15) is 4.79 Å². The number of carbonyl (C=O) groups excluding carboxylic acids is 1. The van der Waals surface area contributed by atoms with Gasteiger partial charge in [0.15, 0.2) is 0 Å². The van der Waals surface area contributed by atoms with Crippen molar-refractivity contribution in [3.63, 3.8) is 0 Å². The van der Waals surface area contributed by atoms with E-state index in [0.717, 1.165) is 5.56 Å². The van der Waals surface area contributed by atoms with E-state index < -0.39 is 0 Å². The Morgan fingerprint density at radius 2 is 1.92 bits per heavy atom. The minimum atomic E-state index is -0.334. The van der Waals surface area contributed by atoms with Crippen molar-refractivity contribution in [1.29, 1.82) is 0 Å². The summed E-state index contributed by atoms with van der Waals surface area (Å²) in [5.74, 6) is -0.334. The molecule has 0 aliphatic heterocycles. The van der Waals surface area contributed by atoms with Crippen molar-refractivity contribution in [2.45, 2.75) is 0 Å². The molecule has 1 aromatic carbocycles. The van der Waals surface area contributed by atoms with Crippen molar-refractivity contribution >= 4 is 36.0 Å². The maximum Gasteiger partial charge on any atom is 0.330 e. The van der Waals surface area contributed by atoms with Gasteiger partial charge in [0.25, 0.3) is 0 Å². The molecule has 1 aromatic rings. The molecular formula is C10H10O2Sn. The Morgan fingerprint density at radius 1 is 1.31 bits per heavy atom. The van der Waals surface area contributed by atoms with Crippen LogP contribution in [0.25, 0.3) is 6.08 Å². The van der Waals surface area contributed by atoms with E-state index >= 15 is 0 Å². The fraction of sp³-hybridized carbons (Fsp3) is 0.100. The van der Waals surface area contributed by atoms with Crippen LogP contribution >= 0.6 is 0 Å². The van der Waals surface area contributed by atoms with Gasteiger partial charge in [0.1, 0.15) is 0 Å². The van der Waals surface area contributed by atoms with E-state index in [1.165, 1.54) is 13.2 Å². The molecule has 3 heteroatoms. The minimum absolute atomic E-state index is 0. The SMILES string of the molecule is COC(=O)C=Cc1ccccc1.[Sn]. The van der Waals surface area contributed by atoms with E-state index in [2.05, 4.69) is 4.74 Å². The van der Waals surface area contributed by atoms with Gasteiger partial charge in [-0.2, -0.15) is 0 Å². The van der Waals surface area contributed by atoms with Gasteiger partial charge >= 0.3 is 5.97 Å². The molecule has 0 spiro atoms. The van der Waals surface area contributed by atoms with E-state index in [1.807, 2.05) is 30.3 Å².